The lowest BCUT2D eigenvalue weighted by Crippen LogP contribution is -1.64. The maximum atomic E-state index is 3.82. The maximum Gasteiger partial charge on any atom is -0.00425 e. The first-order valence-corrected chi connectivity index (χ1v) is 3.75. The monoisotopic (exact) mass is 140 g/mol. The molecule has 0 nitrogen and oxygen atoms in total. The average Bonchev–Trinajstić information content (AvgIpc) is 1.85. The normalized spacial score (nSPS) is 9.89. The summed E-state index contributed by atoms with van der Waals surface area (Å²) in [6.07, 6.45) is 4.76. The minimum Gasteiger partial charge on any atom is -0.103 e. The zero-order valence-corrected chi connectivity index (χ0v) is 6.58. The molecule has 0 spiro atoms. The van der Waals surface area contributed by atoms with Gasteiger partial charge in [-0.3, -0.25) is 0 Å². The van der Waals surface area contributed by atoms with Crippen LogP contribution < -0.4 is 0 Å². The molecule has 0 aliphatic carbocycles. The lowest BCUT2D eigenvalue weighted by atomic mass is 10.4. The SMILES string of the molecule is C=CCC(=C)S/C=C\C. The van der Waals surface area contributed by atoms with E-state index in [-0.39, 0.29) is 0 Å². The van der Waals surface area contributed by atoms with Crippen LogP contribution in [0.3, 0.4) is 0 Å². The van der Waals surface area contributed by atoms with Crippen molar-refractivity contribution in [2.24, 2.45) is 0 Å². The quantitative estimate of drug-likeness (QED) is 0.540. The Hall–Kier alpha value is -0.430. The third-order valence-corrected chi connectivity index (χ3v) is 1.65. The molecule has 0 fully saturated rings. The van der Waals surface area contributed by atoms with Crippen LogP contribution in [0, 0.1) is 0 Å². The van der Waals surface area contributed by atoms with Gasteiger partial charge in [-0.05, 0) is 23.7 Å². The number of thioether (sulfide) groups is 1. The van der Waals surface area contributed by atoms with E-state index in [1.54, 1.807) is 11.8 Å². The molecule has 50 valence electrons. The van der Waals surface area contributed by atoms with E-state index in [2.05, 4.69) is 13.2 Å². The van der Waals surface area contributed by atoms with Gasteiger partial charge in [-0.15, -0.1) is 18.3 Å². The summed E-state index contributed by atoms with van der Waals surface area (Å²) in [5.41, 5.74) is 0. The van der Waals surface area contributed by atoms with Gasteiger partial charge in [-0.1, -0.05) is 18.7 Å². The van der Waals surface area contributed by atoms with Gasteiger partial charge in [0.05, 0.1) is 0 Å². The predicted octanol–water partition coefficient (Wildman–Crippen LogP) is 3.34. The predicted molar refractivity (Wildman–Crippen MR) is 46.4 cm³/mol. The van der Waals surface area contributed by atoms with E-state index in [0.717, 1.165) is 11.3 Å². The second-order valence-electron chi connectivity index (χ2n) is 1.62. The summed E-state index contributed by atoms with van der Waals surface area (Å²) in [5, 5.41) is 2.02. The Morgan fingerprint density at radius 2 is 2.33 bits per heavy atom. The maximum absolute atomic E-state index is 3.82. The molecule has 0 atom stereocenters. The Morgan fingerprint density at radius 3 is 2.78 bits per heavy atom. The Kier molecular flexibility index (Phi) is 5.43. The Balaban J connectivity index is 3.38. The molecule has 0 unspecified atom stereocenters. The fraction of sp³-hybridized carbons (Fsp3) is 0.250. The molecule has 0 heterocycles. The molecule has 0 rings (SSSR count). The summed E-state index contributed by atoms with van der Waals surface area (Å²) >= 11 is 1.65. The van der Waals surface area contributed by atoms with E-state index in [0.29, 0.717) is 0 Å². The van der Waals surface area contributed by atoms with Gasteiger partial charge in [0.25, 0.3) is 0 Å². The third-order valence-electron chi connectivity index (χ3n) is 0.743. The molecule has 9 heavy (non-hydrogen) atoms. The molecule has 0 saturated carbocycles. The summed E-state index contributed by atoms with van der Waals surface area (Å²) in [7, 11) is 0. The van der Waals surface area contributed by atoms with E-state index in [1.807, 2.05) is 24.5 Å². The second kappa shape index (κ2) is 5.70. The van der Waals surface area contributed by atoms with Gasteiger partial charge in [0.2, 0.25) is 0 Å². The van der Waals surface area contributed by atoms with E-state index >= 15 is 0 Å². The van der Waals surface area contributed by atoms with Crippen molar-refractivity contribution in [3.05, 3.63) is 35.6 Å². The van der Waals surface area contributed by atoms with Crippen molar-refractivity contribution in [2.75, 3.05) is 0 Å². The molecule has 0 radical (unpaired) electrons. The molecule has 0 aromatic carbocycles. The van der Waals surface area contributed by atoms with Crippen LogP contribution in [0.1, 0.15) is 13.3 Å². The first kappa shape index (κ1) is 8.57. The number of hydrogen-bond acceptors (Lipinski definition) is 1. The van der Waals surface area contributed by atoms with Crippen molar-refractivity contribution in [1.82, 2.24) is 0 Å². The van der Waals surface area contributed by atoms with E-state index in [9.17, 15) is 0 Å². The highest BCUT2D eigenvalue weighted by molar-refractivity contribution is 8.05. The van der Waals surface area contributed by atoms with Crippen molar-refractivity contribution in [3.63, 3.8) is 0 Å². The van der Waals surface area contributed by atoms with Gasteiger partial charge in [-0.2, -0.15) is 0 Å². The molecule has 0 aliphatic rings. The molecule has 1 heteroatoms. The average molecular weight is 140 g/mol. The van der Waals surface area contributed by atoms with Crippen LogP contribution in [0.2, 0.25) is 0 Å². The minimum absolute atomic E-state index is 0.898. The van der Waals surface area contributed by atoms with Crippen molar-refractivity contribution >= 4 is 11.8 Å². The molecule has 0 aliphatic heterocycles. The molecule has 0 saturated heterocycles. The summed E-state index contributed by atoms with van der Waals surface area (Å²) in [6, 6.07) is 0. The zero-order chi connectivity index (χ0) is 7.11. The van der Waals surface area contributed by atoms with Crippen molar-refractivity contribution in [2.45, 2.75) is 13.3 Å². The van der Waals surface area contributed by atoms with Gasteiger partial charge in [0, 0.05) is 0 Å². The number of hydrogen-bond donors (Lipinski definition) is 0. The van der Waals surface area contributed by atoms with Crippen LogP contribution in [-0.2, 0) is 0 Å². The fourth-order valence-electron chi connectivity index (χ4n) is 0.373. The molecule has 0 aromatic heterocycles. The number of rotatable bonds is 4. The molecular weight excluding hydrogens is 128 g/mol. The lowest BCUT2D eigenvalue weighted by molar-refractivity contribution is 1.39. The van der Waals surface area contributed by atoms with E-state index in [1.165, 1.54) is 0 Å². The highest BCUT2D eigenvalue weighted by Gasteiger charge is 1.84. The van der Waals surface area contributed by atoms with E-state index < -0.39 is 0 Å². The molecular formula is C8H12S. The Bertz CT molecular complexity index is 123. The number of allylic oxidation sites excluding steroid dienone is 3. The zero-order valence-electron chi connectivity index (χ0n) is 5.76. The van der Waals surface area contributed by atoms with Crippen LogP contribution in [0.15, 0.2) is 35.6 Å². The fourth-order valence-corrected chi connectivity index (χ4v) is 0.916. The summed E-state index contributed by atoms with van der Waals surface area (Å²) in [6.45, 7) is 9.43. The van der Waals surface area contributed by atoms with Crippen molar-refractivity contribution in [3.8, 4) is 0 Å². The highest BCUT2D eigenvalue weighted by atomic mass is 32.2. The first-order chi connectivity index (χ1) is 4.31. The summed E-state index contributed by atoms with van der Waals surface area (Å²) in [5.74, 6) is 0. The Morgan fingerprint density at radius 1 is 1.67 bits per heavy atom. The summed E-state index contributed by atoms with van der Waals surface area (Å²) in [4.78, 5) is 1.14. The van der Waals surface area contributed by atoms with Gasteiger partial charge in [0.1, 0.15) is 0 Å². The standard InChI is InChI=1S/C8H12S/c1-4-6-8(3)9-7-5-2/h4-5,7H,1,3,6H2,2H3/b7-5-. The van der Waals surface area contributed by atoms with Crippen LogP contribution in [-0.4, -0.2) is 0 Å². The van der Waals surface area contributed by atoms with Gasteiger partial charge >= 0.3 is 0 Å². The largest absolute Gasteiger partial charge is 0.103 e. The third kappa shape index (κ3) is 5.44. The van der Waals surface area contributed by atoms with E-state index in [4.69, 9.17) is 0 Å². The molecule has 0 N–H and O–H groups in total. The van der Waals surface area contributed by atoms with Crippen LogP contribution >= 0.6 is 11.8 Å². The minimum atomic E-state index is 0.898. The van der Waals surface area contributed by atoms with Crippen LogP contribution in [0.25, 0.3) is 0 Å². The summed E-state index contributed by atoms with van der Waals surface area (Å²) < 4.78 is 0. The van der Waals surface area contributed by atoms with Gasteiger partial charge < -0.3 is 0 Å². The van der Waals surface area contributed by atoms with Crippen molar-refractivity contribution < 1.29 is 0 Å². The van der Waals surface area contributed by atoms with Gasteiger partial charge in [-0.25, -0.2) is 0 Å². The molecule has 0 aromatic rings. The molecule has 0 bridgehead atoms. The van der Waals surface area contributed by atoms with Crippen molar-refractivity contribution in [1.29, 1.82) is 0 Å². The first-order valence-electron chi connectivity index (χ1n) is 2.87. The van der Waals surface area contributed by atoms with Gasteiger partial charge in [0.15, 0.2) is 0 Å². The molecule has 0 amide bonds. The second-order valence-corrected chi connectivity index (χ2v) is 2.70. The smallest absolute Gasteiger partial charge is 0.00425 e. The topological polar surface area (TPSA) is 0 Å². The van der Waals surface area contributed by atoms with Crippen LogP contribution in [0.4, 0.5) is 0 Å². The Labute approximate surface area is 61.3 Å². The lowest BCUT2D eigenvalue weighted by Gasteiger charge is -1.92. The van der Waals surface area contributed by atoms with Crippen LogP contribution in [0.5, 0.6) is 0 Å². The highest BCUT2D eigenvalue weighted by Crippen LogP contribution is 2.17.